The van der Waals surface area contributed by atoms with E-state index in [2.05, 4.69) is 14.7 Å². The third kappa shape index (κ3) is 4.67. The van der Waals surface area contributed by atoms with Crippen LogP contribution in [0.1, 0.15) is 11.1 Å². The number of benzene rings is 1. The molecule has 10 heteroatoms. The Balaban J connectivity index is 1.75. The van der Waals surface area contributed by atoms with E-state index >= 15 is 0 Å². The Morgan fingerprint density at radius 2 is 1.86 bits per heavy atom. The molecule has 2 heterocycles. The first-order valence-corrected chi connectivity index (χ1v) is 9.75. The molecule has 0 spiro atoms. The van der Waals surface area contributed by atoms with Gasteiger partial charge in [0.25, 0.3) is 0 Å². The van der Waals surface area contributed by atoms with Gasteiger partial charge in [0.05, 0.1) is 21.2 Å². The van der Waals surface area contributed by atoms with Crippen molar-refractivity contribution in [3.63, 3.8) is 0 Å². The standard InChI is InChI=1S/C18H13ClF3N3O2S/c19-16-5-4-14(8-15(16)18(20,21)22)28(26,27)25-10-12-3-6-17(24-9-12)13-2-1-7-23-11-13/h1-9,11,25H,10H2. The molecule has 3 rings (SSSR count). The predicted octanol–water partition coefficient (Wildman–Crippen LogP) is 4.29. The zero-order valence-electron chi connectivity index (χ0n) is 14.1. The lowest BCUT2D eigenvalue weighted by Crippen LogP contribution is -2.24. The van der Waals surface area contributed by atoms with Crippen molar-refractivity contribution in [3.05, 3.63) is 77.2 Å². The second-order valence-corrected chi connectivity index (χ2v) is 7.93. The van der Waals surface area contributed by atoms with E-state index in [0.29, 0.717) is 17.3 Å². The van der Waals surface area contributed by atoms with E-state index in [1.165, 1.54) is 6.20 Å². The summed E-state index contributed by atoms with van der Waals surface area (Å²) in [6, 6.07) is 9.39. The molecule has 0 radical (unpaired) electrons. The summed E-state index contributed by atoms with van der Waals surface area (Å²) in [6.45, 7) is -0.132. The average Bonchev–Trinajstić information content (AvgIpc) is 2.67. The van der Waals surface area contributed by atoms with Crippen molar-refractivity contribution in [3.8, 4) is 11.3 Å². The maximum absolute atomic E-state index is 12.9. The highest BCUT2D eigenvalue weighted by atomic mass is 35.5. The number of pyridine rings is 2. The molecule has 0 aliphatic heterocycles. The molecule has 0 aliphatic carbocycles. The molecule has 0 saturated heterocycles. The van der Waals surface area contributed by atoms with E-state index in [-0.39, 0.29) is 6.54 Å². The molecule has 0 bridgehead atoms. The molecular weight excluding hydrogens is 415 g/mol. The fourth-order valence-electron chi connectivity index (χ4n) is 2.36. The van der Waals surface area contributed by atoms with Gasteiger partial charge in [0.1, 0.15) is 0 Å². The first-order chi connectivity index (χ1) is 13.2. The molecule has 0 saturated carbocycles. The zero-order valence-corrected chi connectivity index (χ0v) is 15.7. The summed E-state index contributed by atoms with van der Waals surface area (Å²) in [5.41, 5.74) is 0.795. The summed E-state index contributed by atoms with van der Waals surface area (Å²) in [7, 11) is -4.17. The summed E-state index contributed by atoms with van der Waals surface area (Å²) in [5, 5.41) is -0.568. The normalized spacial score (nSPS) is 12.1. The van der Waals surface area contributed by atoms with E-state index in [1.807, 2.05) is 6.07 Å². The maximum Gasteiger partial charge on any atom is 0.417 e. The van der Waals surface area contributed by atoms with Crippen LogP contribution in [0.2, 0.25) is 5.02 Å². The van der Waals surface area contributed by atoms with Crippen molar-refractivity contribution in [2.45, 2.75) is 17.6 Å². The van der Waals surface area contributed by atoms with Crippen molar-refractivity contribution in [1.29, 1.82) is 0 Å². The quantitative estimate of drug-likeness (QED) is 0.659. The van der Waals surface area contributed by atoms with Gasteiger partial charge in [-0.2, -0.15) is 13.2 Å². The second kappa shape index (κ2) is 7.86. The smallest absolute Gasteiger partial charge is 0.264 e. The number of hydrogen-bond donors (Lipinski definition) is 1. The fraction of sp³-hybridized carbons (Fsp3) is 0.111. The Morgan fingerprint density at radius 1 is 1.07 bits per heavy atom. The van der Waals surface area contributed by atoms with Crippen LogP contribution in [0, 0.1) is 0 Å². The van der Waals surface area contributed by atoms with Gasteiger partial charge in [-0.05, 0) is 42.0 Å². The van der Waals surface area contributed by atoms with Gasteiger partial charge in [-0.3, -0.25) is 9.97 Å². The lowest BCUT2D eigenvalue weighted by Gasteiger charge is -2.12. The van der Waals surface area contributed by atoms with Crippen LogP contribution >= 0.6 is 11.6 Å². The molecule has 1 N–H and O–H groups in total. The summed E-state index contributed by atoms with van der Waals surface area (Å²) in [4.78, 5) is 7.71. The molecule has 0 amide bonds. The number of sulfonamides is 1. The molecule has 0 aliphatic rings. The number of alkyl halides is 3. The fourth-order valence-corrected chi connectivity index (χ4v) is 3.63. The number of nitrogens with one attached hydrogen (secondary N) is 1. The molecule has 0 fully saturated rings. The highest BCUT2D eigenvalue weighted by Crippen LogP contribution is 2.35. The van der Waals surface area contributed by atoms with Crippen LogP contribution < -0.4 is 4.72 Å². The molecule has 0 atom stereocenters. The van der Waals surface area contributed by atoms with Gasteiger partial charge in [0, 0.05) is 30.7 Å². The van der Waals surface area contributed by atoms with Crippen LogP contribution in [-0.4, -0.2) is 18.4 Å². The van der Waals surface area contributed by atoms with Crippen LogP contribution in [0.15, 0.2) is 66.0 Å². The summed E-state index contributed by atoms with van der Waals surface area (Å²) in [5.74, 6) is 0. The zero-order chi connectivity index (χ0) is 20.4. The maximum atomic E-state index is 12.9. The summed E-state index contributed by atoms with van der Waals surface area (Å²) < 4.78 is 65.7. The lowest BCUT2D eigenvalue weighted by molar-refractivity contribution is -0.137. The van der Waals surface area contributed by atoms with Gasteiger partial charge in [-0.1, -0.05) is 17.7 Å². The molecule has 2 aromatic heterocycles. The van der Waals surface area contributed by atoms with Crippen molar-refractivity contribution < 1.29 is 21.6 Å². The van der Waals surface area contributed by atoms with Crippen LogP contribution in [0.5, 0.6) is 0 Å². The Kier molecular flexibility index (Phi) is 5.69. The van der Waals surface area contributed by atoms with Crippen LogP contribution in [0.4, 0.5) is 13.2 Å². The summed E-state index contributed by atoms with van der Waals surface area (Å²) >= 11 is 5.52. The van der Waals surface area contributed by atoms with Gasteiger partial charge < -0.3 is 0 Å². The minimum atomic E-state index is -4.76. The largest absolute Gasteiger partial charge is 0.417 e. The molecular formula is C18H13ClF3N3O2S. The predicted molar refractivity (Wildman–Crippen MR) is 97.9 cm³/mol. The third-order valence-corrected chi connectivity index (χ3v) is 5.53. The Bertz CT molecular complexity index is 1070. The Labute approximate surface area is 164 Å². The molecule has 1 aromatic carbocycles. The lowest BCUT2D eigenvalue weighted by atomic mass is 10.1. The van der Waals surface area contributed by atoms with E-state index in [4.69, 9.17) is 11.6 Å². The molecule has 28 heavy (non-hydrogen) atoms. The third-order valence-electron chi connectivity index (χ3n) is 3.80. The Hall–Kier alpha value is -2.49. The molecule has 5 nitrogen and oxygen atoms in total. The topological polar surface area (TPSA) is 72.0 Å². The van der Waals surface area contributed by atoms with Crippen molar-refractivity contribution in [1.82, 2.24) is 14.7 Å². The number of aromatic nitrogens is 2. The van der Waals surface area contributed by atoms with Crippen molar-refractivity contribution in [2.75, 3.05) is 0 Å². The van der Waals surface area contributed by atoms with E-state index in [9.17, 15) is 21.6 Å². The van der Waals surface area contributed by atoms with E-state index in [1.54, 1.807) is 30.6 Å². The highest BCUT2D eigenvalue weighted by Gasteiger charge is 2.34. The number of rotatable bonds is 5. The van der Waals surface area contributed by atoms with Crippen LogP contribution in [0.25, 0.3) is 11.3 Å². The minimum Gasteiger partial charge on any atom is -0.264 e. The van der Waals surface area contributed by atoms with Gasteiger partial charge in [0.2, 0.25) is 10.0 Å². The molecule has 0 unspecified atom stereocenters. The van der Waals surface area contributed by atoms with Gasteiger partial charge in [-0.25, -0.2) is 13.1 Å². The monoisotopic (exact) mass is 427 g/mol. The van der Waals surface area contributed by atoms with E-state index < -0.39 is 31.7 Å². The van der Waals surface area contributed by atoms with Gasteiger partial charge in [-0.15, -0.1) is 0 Å². The molecule has 146 valence electrons. The summed E-state index contributed by atoms with van der Waals surface area (Å²) in [6.07, 6.45) is -0.000383. The second-order valence-electron chi connectivity index (χ2n) is 5.76. The van der Waals surface area contributed by atoms with Crippen molar-refractivity contribution in [2.24, 2.45) is 0 Å². The van der Waals surface area contributed by atoms with Gasteiger partial charge in [0.15, 0.2) is 0 Å². The van der Waals surface area contributed by atoms with E-state index in [0.717, 1.165) is 17.7 Å². The first-order valence-electron chi connectivity index (χ1n) is 7.88. The first kappa shape index (κ1) is 20.2. The number of nitrogens with zero attached hydrogens (tertiary/aromatic N) is 2. The highest BCUT2D eigenvalue weighted by molar-refractivity contribution is 7.89. The van der Waals surface area contributed by atoms with Crippen LogP contribution in [0.3, 0.4) is 0 Å². The number of halogens is 4. The SMILES string of the molecule is O=S(=O)(NCc1ccc(-c2cccnc2)nc1)c1ccc(Cl)c(C(F)(F)F)c1. The average molecular weight is 428 g/mol. The Morgan fingerprint density at radius 3 is 2.46 bits per heavy atom. The molecule has 3 aromatic rings. The van der Waals surface area contributed by atoms with Crippen molar-refractivity contribution >= 4 is 21.6 Å². The van der Waals surface area contributed by atoms with Gasteiger partial charge >= 0.3 is 6.18 Å². The van der Waals surface area contributed by atoms with Crippen LogP contribution in [-0.2, 0) is 22.7 Å². The minimum absolute atomic E-state index is 0.132. The number of hydrogen-bond acceptors (Lipinski definition) is 4.